The Kier molecular flexibility index (Phi) is 5.42. The summed E-state index contributed by atoms with van der Waals surface area (Å²) in [4.78, 5) is 10.1. The third-order valence-electron chi connectivity index (χ3n) is 2.06. The van der Waals surface area contributed by atoms with E-state index < -0.39 is 39.5 Å². The minimum atomic E-state index is -4.84. The number of halogens is 4. The van der Waals surface area contributed by atoms with Crippen molar-refractivity contribution >= 4 is 25.7 Å². The number of alkyl halides is 3. The average molecular weight is 349 g/mol. The monoisotopic (exact) mass is 348 g/mol. The van der Waals surface area contributed by atoms with Crippen molar-refractivity contribution in [1.29, 1.82) is 0 Å². The second-order valence-electron chi connectivity index (χ2n) is 3.55. The summed E-state index contributed by atoms with van der Waals surface area (Å²) in [7, 11) is 0.780. The predicted octanol–water partition coefficient (Wildman–Crippen LogP) is 2.23. The first kappa shape index (κ1) is 17.5. The van der Waals surface area contributed by atoms with Gasteiger partial charge in [-0.15, -0.1) is 13.2 Å². The number of hydrogen-bond acceptors (Lipinski definition) is 5. The van der Waals surface area contributed by atoms with Crippen molar-refractivity contribution in [1.82, 2.24) is 0 Å². The number of aromatic carboxylic acids is 1. The standard InChI is InChI=1S/C10H8ClF3O6S/c11-21(17,18)8-5-6(9(15)16)1-2-7(8)19-3-4-20-10(12,13)14/h1-2,5H,3-4H2,(H,15,16). The van der Waals surface area contributed by atoms with Gasteiger partial charge in [-0.3, -0.25) is 4.74 Å². The van der Waals surface area contributed by atoms with Crippen LogP contribution in [0.4, 0.5) is 13.2 Å². The van der Waals surface area contributed by atoms with Crippen LogP contribution in [0.3, 0.4) is 0 Å². The van der Waals surface area contributed by atoms with Crippen LogP contribution in [-0.4, -0.2) is 39.1 Å². The van der Waals surface area contributed by atoms with Gasteiger partial charge in [0.25, 0.3) is 9.05 Å². The molecule has 1 aromatic carbocycles. The molecule has 0 fully saturated rings. The van der Waals surface area contributed by atoms with Gasteiger partial charge in [0.15, 0.2) is 0 Å². The molecular weight excluding hydrogens is 341 g/mol. The van der Waals surface area contributed by atoms with Crippen molar-refractivity contribution in [2.45, 2.75) is 11.3 Å². The molecule has 0 aliphatic heterocycles. The van der Waals surface area contributed by atoms with Crippen LogP contribution in [0.25, 0.3) is 0 Å². The highest BCUT2D eigenvalue weighted by atomic mass is 35.7. The Morgan fingerprint density at radius 1 is 1.29 bits per heavy atom. The van der Waals surface area contributed by atoms with Gasteiger partial charge in [0.1, 0.15) is 17.3 Å². The van der Waals surface area contributed by atoms with Crippen LogP contribution in [0.15, 0.2) is 23.1 Å². The van der Waals surface area contributed by atoms with E-state index in [9.17, 15) is 26.4 Å². The summed E-state index contributed by atoms with van der Waals surface area (Å²) in [6.45, 7) is -1.47. The van der Waals surface area contributed by atoms with Crippen LogP contribution in [-0.2, 0) is 13.8 Å². The van der Waals surface area contributed by atoms with Crippen LogP contribution in [0.2, 0.25) is 0 Å². The lowest BCUT2D eigenvalue weighted by Gasteiger charge is -2.11. The summed E-state index contributed by atoms with van der Waals surface area (Å²) in [6.07, 6.45) is -4.84. The van der Waals surface area contributed by atoms with Crippen molar-refractivity contribution in [2.75, 3.05) is 13.2 Å². The maximum atomic E-state index is 11.7. The number of carboxylic acids is 1. The minimum absolute atomic E-state index is 0.367. The molecule has 1 rings (SSSR count). The first-order chi connectivity index (χ1) is 9.50. The highest BCUT2D eigenvalue weighted by Gasteiger charge is 2.29. The molecule has 21 heavy (non-hydrogen) atoms. The molecule has 0 heterocycles. The normalized spacial score (nSPS) is 12.2. The SMILES string of the molecule is O=C(O)c1ccc(OCCOC(F)(F)F)c(S(=O)(=O)Cl)c1. The third-order valence-corrected chi connectivity index (χ3v) is 3.40. The smallest absolute Gasteiger partial charge is 0.490 e. The Labute approximate surface area is 121 Å². The van der Waals surface area contributed by atoms with Gasteiger partial charge in [-0.25, -0.2) is 13.2 Å². The van der Waals surface area contributed by atoms with Crippen LogP contribution >= 0.6 is 10.7 Å². The van der Waals surface area contributed by atoms with Crippen molar-refractivity contribution in [3.05, 3.63) is 23.8 Å². The number of carbonyl (C=O) groups is 1. The fraction of sp³-hybridized carbons (Fsp3) is 0.300. The van der Waals surface area contributed by atoms with E-state index in [-0.39, 0.29) is 11.3 Å². The highest BCUT2D eigenvalue weighted by molar-refractivity contribution is 8.13. The van der Waals surface area contributed by atoms with Gasteiger partial charge in [-0.2, -0.15) is 0 Å². The van der Waals surface area contributed by atoms with Crippen molar-refractivity contribution < 1.29 is 41.0 Å². The Balaban J connectivity index is 2.89. The Bertz CT molecular complexity index is 628. The number of benzene rings is 1. The van der Waals surface area contributed by atoms with Gasteiger partial charge < -0.3 is 9.84 Å². The minimum Gasteiger partial charge on any atom is -0.490 e. The van der Waals surface area contributed by atoms with Crippen LogP contribution in [0.5, 0.6) is 5.75 Å². The molecule has 0 saturated heterocycles. The lowest BCUT2D eigenvalue weighted by Crippen LogP contribution is -2.18. The van der Waals surface area contributed by atoms with Gasteiger partial charge in [-0.05, 0) is 18.2 Å². The second-order valence-corrected chi connectivity index (χ2v) is 6.08. The topological polar surface area (TPSA) is 89.9 Å². The van der Waals surface area contributed by atoms with Gasteiger partial charge in [0.2, 0.25) is 0 Å². The molecule has 11 heteroatoms. The lowest BCUT2D eigenvalue weighted by molar-refractivity contribution is -0.325. The predicted molar refractivity (Wildman–Crippen MR) is 63.9 cm³/mol. The van der Waals surface area contributed by atoms with E-state index >= 15 is 0 Å². The maximum absolute atomic E-state index is 11.7. The number of rotatable bonds is 6. The van der Waals surface area contributed by atoms with Gasteiger partial charge >= 0.3 is 12.3 Å². The van der Waals surface area contributed by atoms with Crippen LogP contribution < -0.4 is 4.74 Å². The molecule has 1 aromatic rings. The van der Waals surface area contributed by atoms with Crippen molar-refractivity contribution in [3.8, 4) is 5.75 Å². The van der Waals surface area contributed by atoms with Crippen LogP contribution in [0, 0.1) is 0 Å². The van der Waals surface area contributed by atoms with E-state index in [1.165, 1.54) is 0 Å². The molecule has 0 spiro atoms. The number of carboxylic acid groups (broad SMARTS) is 1. The van der Waals surface area contributed by atoms with E-state index in [2.05, 4.69) is 4.74 Å². The molecule has 0 aliphatic carbocycles. The fourth-order valence-corrected chi connectivity index (χ4v) is 2.26. The zero-order valence-corrected chi connectivity index (χ0v) is 11.6. The first-order valence-corrected chi connectivity index (χ1v) is 7.47. The molecule has 0 bridgehead atoms. The summed E-state index contributed by atoms with van der Waals surface area (Å²) >= 11 is 0. The second kappa shape index (κ2) is 6.50. The summed E-state index contributed by atoms with van der Waals surface area (Å²) in [5.41, 5.74) is -0.367. The zero-order valence-electron chi connectivity index (χ0n) is 10.1. The molecule has 0 radical (unpaired) electrons. The molecule has 0 aromatic heterocycles. The Morgan fingerprint density at radius 2 is 1.90 bits per heavy atom. The van der Waals surface area contributed by atoms with Crippen molar-refractivity contribution in [2.24, 2.45) is 0 Å². The average Bonchev–Trinajstić information content (AvgIpc) is 2.32. The first-order valence-electron chi connectivity index (χ1n) is 5.16. The van der Waals surface area contributed by atoms with Crippen molar-refractivity contribution in [3.63, 3.8) is 0 Å². The summed E-state index contributed by atoms with van der Waals surface area (Å²) in [5.74, 6) is -1.77. The Morgan fingerprint density at radius 3 is 2.38 bits per heavy atom. The summed E-state index contributed by atoms with van der Waals surface area (Å²) in [5, 5.41) is 8.75. The molecular formula is C10H8ClF3O6S. The van der Waals surface area contributed by atoms with Crippen LogP contribution in [0.1, 0.15) is 10.4 Å². The van der Waals surface area contributed by atoms with E-state index in [0.717, 1.165) is 18.2 Å². The maximum Gasteiger partial charge on any atom is 0.522 e. The van der Waals surface area contributed by atoms with Gasteiger partial charge in [0.05, 0.1) is 12.2 Å². The third kappa shape index (κ3) is 5.78. The highest BCUT2D eigenvalue weighted by Crippen LogP contribution is 2.28. The fourth-order valence-electron chi connectivity index (χ4n) is 1.26. The summed E-state index contributed by atoms with van der Waals surface area (Å²) < 4.78 is 66.0. The number of hydrogen-bond donors (Lipinski definition) is 1. The van der Waals surface area contributed by atoms with E-state index in [4.69, 9.17) is 20.5 Å². The summed E-state index contributed by atoms with van der Waals surface area (Å²) in [6, 6.07) is 2.74. The quantitative estimate of drug-likeness (QED) is 0.626. The number of ether oxygens (including phenoxy) is 2. The lowest BCUT2D eigenvalue weighted by atomic mass is 10.2. The molecule has 1 N–H and O–H groups in total. The van der Waals surface area contributed by atoms with Gasteiger partial charge in [0, 0.05) is 10.7 Å². The molecule has 0 atom stereocenters. The molecule has 118 valence electrons. The molecule has 0 amide bonds. The molecule has 0 aliphatic rings. The zero-order chi connectivity index (χ0) is 16.3. The van der Waals surface area contributed by atoms with E-state index in [1.807, 2.05) is 0 Å². The van der Waals surface area contributed by atoms with Gasteiger partial charge in [-0.1, -0.05) is 0 Å². The molecule has 0 saturated carbocycles. The Hall–Kier alpha value is -1.52. The van der Waals surface area contributed by atoms with E-state index in [1.54, 1.807) is 0 Å². The molecule has 0 unspecified atom stereocenters. The largest absolute Gasteiger partial charge is 0.522 e. The molecule has 6 nitrogen and oxygen atoms in total. The van der Waals surface area contributed by atoms with E-state index in [0.29, 0.717) is 0 Å².